The van der Waals surface area contributed by atoms with E-state index in [9.17, 15) is 9.59 Å². The number of hydrazone groups is 1. The molecule has 1 fully saturated rings. The van der Waals surface area contributed by atoms with Crippen LogP contribution in [0.3, 0.4) is 0 Å². The van der Waals surface area contributed by atoms with Crippen LogP contribution < -0.4 is 0 Å². The molecule has 5 nitrogen and oxygen atoms in total. The van der Waals surface area contributed by atoms with Crippen molar-refractivity contribution in [2.45, 2.75) is 19.8 Å². The van der Waals surface area contributed by atoms with E-state index in [0.29, 0.717) is 6.54 Å². The highest BCUT2D eigenvalue weighted by Crippen LogP contribution is 2.11. The standard InChI is InChI=1S/C14H17N3O2/c1-2-3-9-16-13(18)11-17(14(16)19)15-10-12-7-5-4-6-8-12/h4-8,10H,2-3,9,11H2,1H3/b15-10+. The molecule has 2 rings (SSSR count). The Morgan fingerprint density at radius 3 is 2.68 bits per heavy atom. The first-order valence-corrected chi connectivity index (χ1v) is 6.43. The molecular formula is C14H17N3O2. The van der Waals surface area contributed by atoms with E-state index in [1.807, 2.05) is 37.3 Å². The maximum absolute atomic E-state index is 12.0. The van der Waals surface area contributed by atoms with E-state index in [4.69, 9.17) is 0 Å². The van der Waals surface area contributed by atoms with Crippen LogP contribution in [0.25, 0.3) is 0 Å². The highest BCUT2D eigenvalue weighted by molar-refractivity contribution is 6.02. The fraction of sp³-hybridized carbons (Fsp3) is 0.357. The first kappa shape index (κ1) is 13.3. The van der Waals surface area contributed by atoms with Gasteiger partial charge in [-0.05, 0) is 12.0 Å². The van der Waals surface area contributed by atoms with Crippen molar-refractivity contribution in [3.05, 3.63) is 35.9 Å². The molecule has 19 heavy (non-hydrogen) atoms. The van der Waals surface area contributed by atoms with Crippen molar-refractivity contribution >= 4 is 18.2 Å². The Balaban J connectivity index is 2.01. The van der Waals surface area contributed by atoms with Gasteiger partial charge in [-0.25, -0.2) is 9.80 Å². The van der Waals surface area contributed by atoms with Crippen LogP contribution in [0, 0.1) is 0 Å². The number of benzene rings is 1. The Morgan fingerprint density at radius 2 is 2.00 bits per heavy atom. The van der Waals surface area contributed by atoms with Crippen molar-refractivity contribution in [2.24, 2.45) is 5.10 Å². The molecule has 3 amide bonds. The Kier molecular flexibility index (Phi) is 4.28. The number of carbonyl (C=O) groups is 2. The minimum absolute atomic E-state index is 0.0336. The minimum atomic E-state index is -0.328. The first-order chi connectivity index (χ1) is 9.22. The molecular weight excluding hydrogens is 242 g/mol. The Hall–Kier alpha value is -2.17. The van der Waals surface area contributed by atoms with E-state index in [0.717, 1.165) is 18.4 Å². The molecule has 1 aromatic carbocycles. The van der Waals surface area contributed by atoms with Gasteiger partial charge in [0.05, 0.1) is 6.21 Å². The second kappa shape index (κ2) is 6.13. The number of hydrogen-bond acceptors (Lipinski definition) is 3. The highest BCUT2D eigenvalue weighted by Gasteiger charge is 2.35. The molecule has 0 atom stereocenters. The zero-order chi connectivity index (χ0) is 13.7. The van der Waals surface area contributed by atoms with Gasteiger partial charge in [-0.3, -0.25) is 9.69 Å². The molecule has 5 heteroatoms. The number of hydrogen-bond donors (Lipinski definition) is 0. The molecule has 0 unspecified atom stereocenters. The van der Waals surface area contributed by atoms with Gasteiger partial charge in [-0.15, -0.1) is 0 Å². The summed E-state index contributed by atoms with van der Waals surface area (Å²) in [4.78, 5) is 24.9. The number of carbonyl (C=O) groups excluding carboxylic acids is 2. The van der Waals surface area contributed by atoms with Crippen molar-refractivity contribution in [1.82, 2.24) is 9.91 Å². The molecule has 1 heterocycles. The van der Waals surface area contributed by atoms with Crippen molar-refractivity contribution in [2.75, 3.05) is 13.1 Å². The second-order valence-electron chi connectivity index (χ2n) is 4.39. The van der Waals surface area contributed by atoms with Gasteiger partial charge < -0.3 is 0 Å². The average Bonchev–Trinajstić information content (AvgIpc) is 2.70. The number of urea groups is 1. The lowest BCUT2D eigenvalue weighted by Gasteiger charge is -2.12. The third-order valence-corrected chi connectivity index (χ3v) is 2.92. The topological polar surface area (TPSA) is 53.0 Å². The third-order valence-electron chi connectivity index (χ3n) is 2.92. The fourth-order valence-electron chi connectivity index (χ4n) is 1.83. The molecule has 1 aliphatic rings. The lowest BCUT2D eigenvalue weighted by atomic mass is 10.2. The van der Waals surface area contributed by atoms with Crippen molar-refractivity contribution in [3.8, 4) is 0 Å². The normalized spacial score (nSPS) is 15.8. The highest BCUT2D eigenvalue weighted by atomic mass is 16.2. The lowest BCUT2D eigenvalue weighted by molar-refractivity contribution is -0.125. The molecule has 0 spiro atoms. The second-order valence-corrected chi connectivity index (χ2v) is 4.39. The summed E-state index contributed by atoms with van der Waals surface area (Å²) < 4.78 is 0. The van der Waals surface area contributed by atoms with Crippen molar-refractivity contribution in [1.29, 1.82) is 0 Å². The van der Waals surface area contributed by atoms with E-state index in [1.165, 1.54) is 9.91 Å². The van der Waals surface area contributed by atoms with Crippen molar-refractivity contribution in [3.63, 3.8) is 0 Å². The third kappa shape index (κ3) is 3.19. The molecule has 0 N–H and O–H groups in total. The maximum atomic E-state index is 12.0. The quantitative estimate of drug-likeness (QED) is 0.600. The first-order valence-electron chi connectivity index (χ1n) is 6.43. The van der Waals surface area contributed by atoms with E-state index < -0.39 is 0 Å². The Labute approximate surface area is 112 Å². The van der Waals surface area contributed by atoms with Crippen LogP contribution in [-0.2, 0) is 4.79 Å². The predicted octanol–water partition coefficient (Wildman–Crippen LogP) is 2.08. The van der Waals surface area contributed by atoms with Crippen LogP contribution in [-0.4, -0.2) is 41.2 Å². The predicted molar refractivity (Wildman–Crippen MR) is 72.8 cm³/mol. The average molecular weight is 259 g/mol. The SMILES string of the molecule is CCCCN1C(=O)CN(/N=C/c2ccccc2)C1=O. The van der Waals surface area contributed by atoms with Crippen LogP contribution in [0.15, 0.2) is 35.4 Å². The van der Waals surface area contributed by atoms with Gasteiger partial charge in [0.25, 0.3) is 5.91 Å². The summed E-state index contributed by atoms with van der Waals surface area (Å²) in [6, 6.07) is 9.15. The van der Waals surface area contributed by atoms with Crippen LogP contribution in [0.2, 0.25) is 0 Å². The molecule has 1 saturated heterocycles. The molecule has 0 aromatic heterocycles. The van der Waals surface area contributed by atoms with Crippen molar-refractivity contribution < 1.29 is 9.59 Å². The van der Waals surface area contributed by atoms with Gasteiger partial charge in [0.1, 0.15) is 6.54 Å². The minimum Gasteiger partial charge on any atom is -0.272 e. The molecule has 0 bridgehead atoms. The zero-order valence-corrected chi connectivity index (χ0v) is 11.0. The van der Waals surface area contributed by atoms with Crippen LogP contribution in [0.5, 0.6) is 0 Å². The summed E-state index contributed by atoms with van der Waals surface area (Å²) in [6.07, 6.45) is 3.37. The van der Waals surface area contributed by atoms with Gasteiger partial charge in [-0.2, -0.15) is 5.10 Å². The number of amides is 3. The molecule has 0 saturated carbocycles. The number of rotatable bonds is 5. The number of imide groups is 1. The number of unbranched alkanes of at least 4 members (excludes halogenated alkanes) is 1. The van der Waals surface area contributed by atoms with E-state index in [1.54, 1.807) is 6.21 Å². The van der Waals surface area contributed by atoms with Crippen LogP contribution in [0.4, 0.5) is 4.79 Å². The summed E-state index contributed by atoms with van der Waals surface area (Å²) >= 11 is 0. The molecule has 100 valence electrons. The van der Waals surface area contributed by atoms with E-state index in [-0.39, 0.29) is 18.5 Å². The van der Waals surface area contributed by atoms with E-state index >= 15 is 0 Å². The summed E-state index contributed by atoms with van der Waals surface area (Å²) in [7, 11) is 0. The van der Waals surface area contributed by atoms with Crippen LogP contribution in [0.1, 0.15) is 25.3 Å². The Morgan fingerprint density at radius 1 is 1.26 bits per heavy atom. The van der Waals surface area contributed by atoms with E-state index in [2.05, 4.69) is 5.10 Å². The molecule has 0 radical (unpaired) electrons. The number of nitrogens with zero attached hydrogens (tertiary/aromatic N) is 3. The Bertz CT molecular complexity index is 485. The summed E-state index contributed by atoms with van der Waals surface area (Å²) in [5.41, 5.74) is 0.898. The summed E-state index contributed by atoms with van der Waals surface area (Å²) in [5, 5.41) is 5.29. The fourth-order valence-corrected chi connectivity index (χ4v) is 1.83. The van der Waals surface area contributed by atoms with Gasteiger partial charge in [-0.1, -0.05) is 43.7 Å². The summed E-state index contributed by atoms with van der Waals surface area (Å²) in [5.74, 6) is -0.177. The lowest BCUT2D eigenvalue weighted by Crippen LogP contribution is -2.32. The molecule has 1 aliphatic heterocycles. The maximum Gasteiger partial charge on any atom is 0.347 e. The van der Waals surface area contributed by atoms with Gasteiger partial charge >= 0.3 is 6.03 Å². The van der Waals surface area contributed by atoms with Gasteiger partial charge in [0.15, 0.2) is 0 Å². The van der Waals surface area contributed by atoms with Gasteiger partial charge in [0.2, 0.25) is 0 Å². The largest absolute Gasteiger partial charge is 0.347 e. The summed E-state index contributed by atoms with van der Waals surface area (Å²) in [6.45, 7) is 2.54. The monoisotopic (exact) mass is 259 g/mol. The molecule has 0 aliphatic carbocycles. The van der Waals surface area contributed by atoms with Gasteiger partial charge in [0, 0.05) is 6.54 Å². The van der Waals surface area contributed by atoms with Crippen LogP contribution >= 0.6 is 0 Å². The molecule has 1 aromatic rings. The zero-order valence-electron chi connectivity index (χ0n) is 11.0. The smallest absolute Gasteiger partial charge is 0.272 e.